The molecular weight excluding hydrogens is 205 g/mol. The summed E-state index contributed by atoms with van der Waals surface area (Å²) in [5, 5.41) is 3.27. The minimum Gasteiger partial charge on any atom is -0.483 e. The summed E-state index contributed by atoms with van der Waals surface area (Å²) in [7, 11) is 0. The number of benzene rings is 1. The van der Waals surface area contributed by atoms with E-state index in [1.54, 1.807) is 18.2 Å². The van der Waals surface area contributed by atoms with E-state index in [0.717, 1.165) is 13.0 Å². The minimum absolute atomic E-state index is 0.311. The van der Waals surface area contributed by atoms with Crippen molar-refractivity contribution in [1.29, 1.82) is 0 Å². The molecule has 0 aromatic heterocycles. The van der Waals surface area contributed by atoms with E-state index in [-0.39, 0.29) is 5.82 Å². The SMILES string of the molecule is CCCNCC(C)(C)Oc1ccccc1F. The Balaban J connectivity index is 2.55. The van der Waals surface area contributed by atoms with E-state index in [9.17, 15) is 4.39 Å². The van der Waals surface area contributed by atoms with Gasteiger partial charge in [0.15, 0.2) is 11.6 Å². The molecule has 1 aromatic rings. The van der Waals surface area contributed by atoms with Crippen LogP contribution in [0.4, 0.5) is 4.39 Å². The quantitative estimate of drug-likeness (QED) is 0.751. The second kappa shape index (κ2) is 5.85. The van der Waals surface area contributed by atoms with E-state index in [2.05, 4.69) is 12.2 Å². The van der Waals surface area contributed by atoms with Gasteiger partial charge in [0.2, 0.25) is 0 Å². The molecule has 0 aliphatic carbocycles. The summed E-state index contributed by atoms with van der Waals surface area (Å²) in [5.41, 5.74) is -0.405. The number of para-hydroxylation sites is 1. The maximum absolute atomic E-state index is 13.4. The summed E-state index contributed by atoms with van der Waals surface area (Å²) in [5.74, 6) is -0.00290. The third kappa shape index (κ3) is 4.19. The first-order chi connectivity index (χ1) is 7.55. The van der Waals surface area contributed by atoms with Crippen LogP contribution in [0.3, 0.4) is 0 Å². The fourth-order valence-corrected chi connectivity index (χ4v) is 1.43. The van der Waals surface area contributed by atoms with Gasteiger partial charge >= 0.3 is 0 Å². The molecule has 0 amide bonds. The molecule has 0 aliphatic heterocycles. The fraction of sp³-hybridized carbons (Fsp3) is 0.538. The second-order valence-corrected chi connectivity index (χ2v) is 4.47. The molecule has 0 bridgehead atoms. The van der Waals surface area contributed by atoms with Crippen LogP contribution in [0.2, 0.25) is 0 Å². The highest BCUT2D eigenvalue weighted by Crippen LogP contribution is 2.21. The van der Waals surface area contributed by atoms with Gasteiger partial charge in [-0.1, -0.05) is 19.1 Å². The molecule has 0 radical (unpaired) electrons. The second-order valence-electron chi connectivity index (χ2n) is 4.47. The van der Waals surface area contributed by atoms with Crippen LogP contribution in [0.1, 0.15) is 27.2 Å². The van der Waals surface area contributed by atoms with Crippen molar-refractivity contribution in [3.8, 4) is 5.75 Å². The van der Waals surface area contributed by atoms with Gasteiger partial charge in [0.25, 0.3) is 0 Å². The van der Waals surface area contributed by atoms with Gasteiger partial charge in [0.05, 0.1) is 0 Å². The lowest BCUT2D eigenvalue weighted by Crippen LogP contribution is -2.40. The van der Waals surface area contributed by atoms with E-state index in [1.807, 2.05) is 13.8 Å². The Hall–Kier alpha value is -1.09. The van der Waals surface area contributed by atoms with Crippen LogP contribution in [0.15, 0.2) is 24.3 Å². The van der Waals surface area contributed by atoms with Crippen molar-refractivity contribution < 1.29 is 9.13 Å². The molecular formula is C13H20FNO. The van der Waals surface area contributed by atoms with E-state index in [1.165, 1.54) is 6.07 Å². The molecule has 2 nitrogen and oxygen atoms in total. The first-order valence-electron chi connectivity index (χ1n) is 5.69. The van der Waals surface area contributed by atoms with Crippen LogP contribution in [0.5, 0.6) is 5.75 Å². The number of hydrogen-bond donors (Lipinski definition) is 1. The van der Waals surface area contributed by atoms with Crippen LogP contribution in [0, 0.1) is 5.82 Å². The Labute approximate surface area is 96.8 Å². The van der Waals surface area contributed by atoms with Crippen molar-refractivity contribution in [1.82, 2.24) is 5.32 Å². The first kappa shape index (κ1) is 13.0. The molecule has 1 aromatic carbocycles. The van der Waals surface area contributed by atoms with Gasteiger partial charge in [0.1, 0.15) is 5.60 Å². The summed E-state index contributed by atoms with van der Waals surface area (Å²) in [4.78, 5) is 0. The van der Waals surface area contributed by atoms with Crippen molar-refractivity contribution in [2.75, 3.05) is 13.1 Å². The summed E-state index contributed by atoms with van der Waals surface area (Å²) >= 11 is 0. The summed E-state index contributed by atoms with van der Waals surface area (Å²) in [6, 6.07) is 6.49. The number of ether oxygens (including phenoxy) is 1. The van der Waals surface area contributed by atoms with Crippen molar-refractivity contribution in [2.24, 2.45) is 0 Å². The molecule has 0 fully saturated rings. The molecule has 0 atom stereocenters. The monoisotopic (exact) mass is 225 g/mol. The van der Waals surface area contributed by atoms with Crippen LogP contribution in [-0.2, 0) is 0 Å². The molecule has 0 heterocycles. The summed E-state index contributed by atoms with van der Waals surface area (Å²) < 4.78 is 19.0. The number of halogens is 1. The van der Waals surface area contributed by atoms with Gasteiger partial charge in [0, 0.05) is 6.54 Å². The Bertz CT molecular complexity index is 325. The molecule has 1 N–H and O–H groups in total. The van der Waals surface area contributed by atoms with Gasteiger partial charge in [-0.15, -0.1) is 0 Å². The molecule has 0 aliphatic rings. The standard InChI is InChI=1S/C13H20FNO/c1-4-9-15-10-13(2,3)16-12-8-6-5-7-11(12)14/h5-8,15H,4,9-10H2,1-3H3. The van der Waals surface area contributed by atoms with Crippen molar-refractivity contribution >= 4 is 0 Å². The molecule has 1 rings (SSSR count). The molecule has 90 valence electrons. The highest BCUT2D eigenvalue weighted by atomic mass is 19.1. The number of rotatable bonds is 6. The van der Waals surface area contributed by atoms with Gasteiger partial charge in [-0.05, 0) is 38.9 Å². The van der Waals surface area contributed by atoms with E-state index >= 15 is 0 Å². The molecule has 16 heavy (non-hydrogen) atoms. The van der Waals surface area contributed by atoms with Gasteiger partial charge in [-0.25, -0.2) is 4.39 Å². The van der Waals surface area contributed by atoms with Gasteiger partial charge in [-0.3, -0.25) is 0 Å². The molecule has 0 saturated carbocycles. The maximum atomic E-state index is 13.4. The first-order valence-corrected chi connectivity index (χ1v) is 5.69. The number of hydrogen-bond acceptors (Lipinski definition) is 2. The van der Waals surface area contributed by atoms with Gasteiger partial charge in [-0.2, -0.15) is 0 Å². The van der Waals surface area contributed by atoms with Crippen molar-refractivity contribution in [2.45, 2.75) is 32.8 Å². The van der Waals surface area contributed by atoms with E-state index < -0.39 is 5.60 Å². The van der Waals surface area contributed by atoms with Crippen LogP contribution < -0.4 is 10.1 Å². The highest BCUT2D eigenvalue weighted by molar-refractivity contribution is 5.24. The third-order valence-corrected chi connectivity index (χ3v) is 2.20. The average Bonchev–Trinajstić information content (AvgIpc) is 2.21. The molecule has 3 heteroatoms. The Morgan fingerprint density at radius 1 is 1.31 bits per heavy atom. The zero-order valence-electron chi connectivity index (χ0n) is 10.2. The lowest BCUT2D eigenvalue weighted by Gasteiger charge is -2.27. The predicted molar refractivity (Wildman–Crippen MR) is 64.3 cm³/mol. The van der Waals surface area contributed by atoms with Gasteiger partial charge < -0.3 is 10.1 Å². The predicted octanol–water partition coefficient (Wildman–Crippen LogP) is 2.98. The highest BCUT2D eigenvalue weighted by Gasteiger charge is 2.20. The van der Waals surface area contributed by atoms with Crippen molar-refractivity contribution in [3.05, 3.63) is 30.1 Å². The molecule has 0 unspecified atom stereocenters. The van der Waals surface area contributed by atoms with Crippen LogP contribution in [-0.4, -0.2) is 18.7 Å². The fourth-order valence-electron chi connectivity index (χ4n) is 1.43. The normalized spacial score (nSPS) is 11.5. The Morgan fingerprint density at radius 2 is 2.00 bits per heavy atom. The third-order valence-electron chi connectivity index (χ3n) is 2.20. The largest absolute Gasteiger partial charge is 0.483 e. The molecule has 0 saturated heterocycles. The zero-order valence-corrected chi connectivity index (χ0v) is 10.2. The Kier molecular flexibility index (Phi) is 4.74. The smallest absolute Gasteiger partial charge is 0.165 e. The lowest BCUT2D eigenvalue weighted by atomic mass is 10.1. The van der Waals surface area contributed by atoms with E-state index in [4.69, 9.17) is 4.74 Å². The summed E-state index contributed by atoms with van der Waals surface area (Å²) in [6.07, 6.45) is 1.08. The topological polar surface area (TPSA) is 21.3 Å². The Morgan fingerprint density at radius 3 is 2.62 bits per heavy atom. The lowest BCUT2D eigenvalue weighted by molar-refractivity contribution is 0.103. The summed E-state index contributed by atoms with van der Waals surface area (Å²) in [6.45, 7) is 7.65. The maximum Gasteiger partial charge on any atom is 0.165 e. The van der Waals surface area contributed by atoms with Crippen molar-refractivity contribution in [3.63, 3.8) is 0 Å². The van der Waals surface area contributed by atoms with Crippen LogP contribution in [0.25, 0.3) is 0 Å². The zero-order chi connectivity index (χ0) is 12.0. The van der Waals surface area contributed by atoms with E-state index in [0.29, 0.717) is 12.3 Å². The minimum atomic E-state index is -0.405. The van der Waals surface area contributed by atoms with Crippen LogP contribution >= 0.6 is 0 Å². The number of nitrogens with one attached hydrogen (secondary N) is 1. The molecule has 0 spiro atoms. The average molecular weight is 225 g/mol.